The number of hydrogen-bond donors (Lipinski definition) is 1. The summed E-state index contributed by atoms with van der Waals surface area (Å²) in [6.45, 7) is 3.80. The Morgan fingerprint density at radius 1 is 1.67 bits per heavy atom. The van der Waals surface area contributed by atoms with Crippen LogP contribution in [0.3, 0.4) is 0 Å². The van der Waals surface area contributed by atoms with E-state index in [0.29, 0.717) is 6.42 Å². The Hall–Kier alpha value is -0.870. The van der Waals surface area contributed by atoms with Gasteiger partial charge in [-0.3, -0.25) is 4.79 Å². The fourth-order valence-corrected chi connectivity index (χ4v) is 2.52. The van der Waals surface area contributed by atoms with E-state index in [0.717, 1.165) is 10.4 Å². The molecule has 15 heavy (non-hydrogen) atoms. The minimum Gasteiger partial charge on any atom is -0.469 e. The first kappa shape index (κ1) is 12.2. The van der Waals surface area contributed by atoms with E-state index in [-0.39, 0.29) is 5.97 Å². The molecular formula is C11H16O3S. The van der Waals surface area contributed by atoms with Gasteiger partial charge in [-0.2, -0.15) is 0 Å². The number of thiophene rings is 1. The molecule has 0 fully saturated rings. The van der Waals surface area contributed by atoms with Gasteiger partial charge in [-0.1, -0.05) is 6.92 Å². The van der Waals surface area contributed by atoms with Crippen molar-refractivity contribution in [2.24, 2.45) is 5.92 Å². The summed E-state index contributed by atoms with van der Waals surface area (Å²) in [6, 6.07) is 1.94. The molecule has 2 unspecified atom stereocenters. The van der Waals surface area contributed by atoms with Crippen molar-refractivity contribution in [2.75, 3.05) is 7.11 Å². The quantitative estimate of drug-likeness (QED) is 0.804. The van der Waals surface area contributed by atoms with Gasteiger partial charge < -0.3 is 9.84 Å². The summed E-state index contributed by atoms with van der Waals surface area (Å²) in [4.78, 5) is 12.3. The fourth-order valence-electron chi connectivity index (χ4n) is 1.54. The van der Waals surface area contributed by atoms with Crippen LogP contribution in [0.1, 0.15) is 29.9 Å². The van der Waals surface area contributed by atoms with Crippen molar-refractivity contribution >= 4 is 17.3 Å². The lowest BCUT2D eigenvalue weighted by atomic mass is 9.97. The number of aryl methyl sites for hydroxylation is 1. The number of methoxy groups -OCH3 is 1. The third kappa shape index (κ3) is 2.58. The highest BCUT2D eigenvalue weighted by atomic mass is 32.1. The van der Waals surface area contributed by atoms with Crippen molar-refractivity contribution in [3.63, 3.8) is 0 Å². The Labute approximate surface area is 93.7 Å². The van der Waals surface area contributed by atoms with Crippen LogP contribution in [0.2, 0.25) is 0 Å². The number of hydrogen-bond acceptors (Lipinski definition) is 4. The summed E-state index contributed by atoms with van der Waals surface area (Å²) in [7, 11) is 1.35. The van der Waals surface area contributed by atoms with Crippen LogP contribution in [0.5, 0.6) is 0 Å². The molecule has 0 radical (unpaired) electrons. The highest BCUT2D eigenvalue weighted by Gasteiger charge is 2.28. The lowest BCUT2D eigenvalue weighted by Crippen LogP contribution is -2.22. The predicted molar refractivity (Wildman–Crippen MR) is 59.8 cm³/mol. The number of carbonyl (C=O) groups excluding carboxylic acids is 1. The summed E-state index contributed by atoms with van der Waals surface area (Å²) in [5.74, 6) is -0.815. The van der Waals surface area contributed by atoms with E-state index < -0.39 is 12.0 Å². The third-order valence-corrected chi connectivity index (χ3v) is 3.58. The van der Waals surface area contributed by atoms with Gasteiger partial charge in [0.05, 0.1) is 13.0 Å². The average molecular weight is 228 g/mol. The number of aliphatic hydroxyl groups is 1. The summed E-state index contributed by atoms with van der Waals surface area (Å²) in [5, 5.41) is 12.0. The van der Waals surface area contributed by atoms with Crippen molar-refractivity contribution in [1.29, 1.82) is 0 Å². The molecule has 0 aliphatic heterocycles. The first-order valence-electron chi connectivity index (χ1n) is 4.91. The highest BCUT2D eigenvalue weighted by Crippen LogP contribution is 2.31. The normalized spacial score (nSPS) is 14.7. The van der Waals surface area contributed by atoms with Crippen LogP contribution >= 0.6 is 11.3 Å². The molecular weight excluding hydrogens is 212 g/mol. The molecule has 0 saturated heterocycles. The molecule has 4 heteroatoms. The molecule has 0 aromatic carbocycles. The maximum atomic E-state index is 11.4. The second-order valence-electron chi connectivity index (χ2n) is 3.45. The van der Waals surface area contributed by atoms with Crippen molar-refractivity contribution in [2.45, 2.75) is 26.4 Å². The Kier molecular flexibility index (Phi) is 4.29. The number of carbonyl (C=O) groups is 1. The standard InChI is InChI=1S/C11H16O3S/c1-4-8(11(13)14-3)9(12)10-7(2)5-6-15-10/h5-6,8-9,12H,4H2,1-3H3. The van der Waals surface area contributed by atoms with E-state index >= 15 is 0 Å². The molecule has 1 aromatic heterocycles. The summed E-state index contributed by atoms with van der Waals surface area (Å²) in [6.07, 6.45) is -0.173. The Balaban J connectivity index is 2.86. The average Bonchev–Trinajstić information content (AvgIpc) is 2.65. The van der Waals surface area contributed by atoms with Crippen LogP contribution in [0.15, 0.2) is 11.4 Å². The van der Waals surface area contributed by atoms with Crippen LogP contribution in [-0.4, -0.2) is 18.2 Å². The Morgan fingerprint density at radius 3 is 2.73 bits per heavy atom. The van der Waals surface area contributed by atoms with E-state index in [1.807, 2.05) is 25.3 Å². The van der Waals surface area contributed by atoms with Crippen molar-refractivity contribution in [1.82, 2.24) is 0 Å². The van der Waals surface area contributed by atoms with Crippen LogP contribution < -0.4 is 0 Å². The Bertz CT molecular complexity index is 332. The lowest BCUT2D eigenvalue weighted by Gasteiger charge is -2.18. The van der Waals surface area contributed by atoms with Gasteiger partial charge in [0.15, 0.2) is 0 Å². The number of rotatable bonds is 4. The molecule has 0 amide bonds. The molecule has 2 atom stereocenters. The monoisotopic (exact) mass is 228 g/mol. The van der Waals surface area contributed by atoms with Gasteiger partial charge in [0.2, 0.25) is 0 Å². The first-order valence-corrected chi connectivity index (χ1v) is 5.79. The molecule has 1 heterocycles. The zero-order chi connectivity index (χ0) is 11.4. The molecule has 1 rings (SSSR count). The number of esters is 1. The van der Waals surface area contributed by atoms with E-state index in [4.69, 9.17) is 0 Å². The zero-order valence-corrected chi connectivity index (χ0v) is 10.0. The first-order chi connectivity index (χ1) is 7.11. The van der Waals surface area contributed by atoms with E-state index in [9.17, 15) is 9.90 Å². The highest BCUT2D eigenvalue weighted by molar-refractivity contribution is 7.10. The Morgan fingerprint density at radius 2 is 2.33 bits per heavy atom. The van der Waals surface area contributed by atoms with Gasteiger partial charge in [0.1, 0.15) is 6.10 Å². The minimum absolute atomic E-state index is 0.349. The molecule has 0 aliphatic rings. The minimum atomic E-state index is -0.748. The predicted octanol–water partition coefficient (Wildman–Crippen LogP) is 2.29. The lowest BCUT2D eigenvalue weighted by molar-refractivity contribution is -0.149. The van der Waals surface area contributed by atoms with E-state index in [1.165, 1.54) is 18.4 Å². The topological polar surface area (TPSA) is 46.5 Å². The van der Waals surface area contributed by atoms with Crippen LogP contribution in [0.25, 0.3) is 0 Å². The van der Waals surface area contributed by atoms with Crippen molar-refractivity contribution in [3.05, 3.63) is 21.9 Å². The summed E-state index contributed by atoms with van der Waals surface area (Å²) in [5.41, 5.74) is 1.02. The van der Waals surface area contributed by atoms with Gasteiger partial charge in [-0.05, 0) is 30.4 Å². The van der Waals surface area contributed by atoms with Gasteiger partial charge in [0, 0.05) is 4.88 Å². The maximum absolute atomic E-state index is 11.4. The van der Waals surface area contributed by atoms with Crippen molar-refractivity contribution in [3.8, 4) is 0 Å². The van der Waals surface area contributed by atoms with Crippen LogP contribution in [-0.2, 0) is 9.53 Å². The second-order valence-corrected chi connectivity index (χ2v) is 4.40. The van der Waals surface area contributed by atoms with Gasteiger partial charge in [-0.15, -0.1) is 11.3 Å². The summed E-state index contributed by atoms with van der Waals surface area (Å²) >= 11 is 1.47. The SMILES string of the molecule is CCC(C(=O)OC)C(O)c1sccc1C. The zero-order valence-electron chi connectivity index (χ0n) is 9.19. The molecule has 0 aliphatic carbocycles. The molecule has 3 nitrogen and oxygen atoms in total. The van der Waals surface area contributed by atoms with Gasteiger partial charge in [-0.25, -0.2) is 0 Å². The molecule has 1 N–H and O–H groups in total. The largest absolute Gasteiger partial charge is 0.469 e. The van der Waals surface area contributed by atoms with Crippen LogP contribution in [0, 0.1) is 12.8 Å². The molecule has 1 aromatic rings. The maximum Gasteiger partial charge on any atom is 0.311 e. The third-order valence-electron chi connectivity index (χ3n) is 2.50. The molecule has 0 saturated carbocycles. The van der Waals surface area contributed by atoms with Gasteiger partial charge >= 0.3 is 5.97 Å². The van der Waals surface area contributed by atoms with Crippen molar-refractivity contribution < 1.29 is 14.6 Å². The molecule has 84 valence electrons. The molecule has 0 spiro atoms. The fraction of sp³-hybridized carbons (Fsp3) is 0.545. The number of aliphatic hydroxyl groups excluding tert-OH is 1. The van der Waals surface area contributed by atoms with E-state index in [2.05, 4.69) is 4.74 Å². The second kappa shape index (κ2) is 5.28. The smallest absolute Gasteiger partial charge is 0.311 e. The van der Waals surface area contributed by atoms with Gasteiger partial charge in [0.25, 0.3) is 0 Å². The number of ether oxygens (including phenoxy) is 1. The van der Waals surface area contributed by atoms with E-state index in [1.54, 1.807) is 0 Å². The summed E-state index contributed by atoms with van der Waals surface area (Å²) < 4.78 is 4.67. The van der Waals surface area contributed by atoms with Crippen LogP contribution in [0.4, 0.5) is 0 Å². The molecule has 0 bridgehead atoms.